The quantitative estimate of drug-likeness (QED) is 0.405. The lowest BCUT2D eigenvalue weighted by Gasteiger charge is -2.29. The van der Waals surface area contributed by atoms with Gasteiger partial charge in [0.2, 0.25) is 0 Å². The van der Waals surface area contributed by atoms with E-state index < -0.39 is 16.8 Å². The standard InChI is InChI=1S/C21H23N3O7/c1-3-31-19-7-4-14(12-18(19)24(27)28)20(25)22-17-6-5-15(13-16(17)21(26)29-2)23-8-10-30-11-9-23/h4-7,12-13H,3,8-11H2,1-2H3,(H,22,25). The number of rotatable bonds is 7. The minimum absolute atomic E-state index is 0.0585. The van der Waals surface area contributed by atoms with Gasteiger partial charge in [-0.15, -0.1) is 0 Å². The molecule has 10 nitrogen and oxygen atoms in total. The first-order chi connectivity index (χ1) is 14.9. The number of hydrogen-bond donors (Lipinski definition) is 1. The van der Waals surface area contributed by atoms with E-state index in [1.54, 1.807) is 25.1 Å². The number of benzene rings is 2. The second-order valence-electron chi connectivity index (χ2n) is 6.65. The van der Waals surface area contributed by atoms with Crippen LogP contribution in [0.1, 0.15) is 27.6 Å². The molecular weight excluding hydrogens is 406 g/mol. The van der Waals surface area contributed by atoms with Gasteiger partial charge in [-0.1, -0.05) is 0 Å². The van der Waals surface area contributed by atoms with Crippen LogP contribution in [0.15, 0.2) is 36.4 Å². The van der Waals surface area contributed by atoms with E-state index in [0.717, 1.165) is 11.8 Å². The van der Waals surface area contributed by atoms with E-state index in [4.69, 9.17) is 14.2 Å². The number of carbonyl (C=O) groups excluding carboxylic acids is 2. The number of methoxy groups -OCH3 is 1. The first kappa shape index (κ1) is 22.0. The molecular formula is C21H23N3O7. The average molecular weight is 429 g/mol. The molecule has 0 atom stereocenters. The zero-order chi connectivity index (χ0) is 22.4. The van der Waals surface area contributed by atoms with Crippen molar-refractivity contribution in [3.05, 3.63) is 57.6 Å². The highest BCUT2D eigenvalue weighted by Gasteiger charge is 2.22. The summed E-state index contributed by atoms with van der Waals surface area (Å²) in [4.78, 5) is 37.9. The minimum Gasteiger partial charge on any atom is -0.487 e. The molecule has 2 aromatic carbocycles. The zero-order valence-corrected chi connectivity index (χ0v) is 17.3. The van der Waals surface area contributed by atoms with Crippen molar-refractivity contribution in [2.75, 3.05) is 50.2 Å². The van der Waals surface area contributed by atoms with Crippen molar-refractivity contribution in [2.45, 2.75) is 6.92 Å². The Labute approximate surface area is 178 Å². The van der Waals surface area contributed by atoms with E-state index in [1.165, 1.54) is 19.2 Å². The van der Waals surface area contributed by atoms with Gasteiger partial charge in [0.15, 0.2) is 5.75 Å². The van der Waals surface area contributed by atoms with Crippen LogP contribution in [0.4, 0.5) is 17.1 Å². The van der Waals surface area contributed by atoms with Gasteiger partial charge < -0.3 is 24.4 Å². The minimum atomic E-state index is -0.612. The number of nitro groups is 1. The summed E-state index contributed by atoms with van der Waals surface area (Å²) in [7, 11) is 1.26. The molecule has 0 saturated carbocycles. The molecule has 1 aliphatic rings. The molecule has 1 N–H and O–H groups in total. The lowest BCUT2D eigenvalue weighted by molar-refractivity contribution is -0.385. The van der Waals surface area contributed by atoms with Crippen LogP contribution in [0.25, 0.3) is 0 Å². The number of anilines is 2. The summed E-state index contributed by atoms with van der Waals surface area (Å²) in [5.74, 6) is -1.13. The lowest BCUT2D eigenvalue weighted by Crippen LogP contribution is -2.36. The summed E-state index contributed by atoms with van der Waals surface area (Å²) >= 11 is 0. The Bertz CT molecular complexity index is 987. The summed E-state index contributed by atoms with van der Waals surface area (Å²) in [5.41, 5.74) is 0.970. The van der Waals surface area contributed by atoms with Gasteiger partial charge in [-0.2, -0.15) is 0 Å². The molecule has 0 unspecified atom stereocenters. The third-order valence-electron chi connectivity index (χ3n) is 4.75. The Morgan fingerprint density at radius 1 is 1.19 bits per heavy atom. The van der Waals surface area contributed by atoms with Crippen LogP contribution >= 0.6 is 0 Å². The molecule has 164 valence electrons. The number of nitro benzene ring substituents is 1. The number of amides is 1. The van der Waals surface area contributed by atoms with Crippen molar-refractivity contribution in [3.8, 4) is 5.75 Å². The Morgan fingerprint density at radius 3 is 2.58 bits per heavy atom. The molecule has 2 aromatic rings. The van der Waals surface area contributed by atoms with Gasteiger partial charge >= 0.3 is 11.7 Å². The van der Waals surface area contributed by atoms with E-state index in [9.17, 15) is 19.7 Å². The summed E-state index contributed by atoms with van der Waals surface area (Å²) in [6.07, 6.45) is 0. The van der Waals surface area contributed by atoms with Crippen molar-refractivity contribution >= 4 is 28.9 Å². The lowest BCUT2D eigenvalue weighted by atomic mass is 10.1. The third kappa shape index (κ3) is 5.10. The van der Waals surface area contributed by atoms with Crippen LogP contribution in [0.2, 0.25) is 0 Å². The van der Waals surface area contributed by atoms with Crippen LogP contribution < -0.4 is 15.0 Å². The smallest absolute Gasteiger partial charge is 0.340 e. The van der Waals surface area contributed by atoms with Crippen molar-refractivity contribution in [1.82, 2.24) is 0 Å². The Hall–Kier alpha value is -3.66. The molecule has 1 amide bonds. The normalized spacial score (nSPS) is 13.4. The number of nitrogens with zero attached hydrogens (tertiary/aromatic N) is 2. The maximum Gasteiger partial charge on any atom is 0.340 e. The van der Waals surface area contributed by atoms with Gasteiger partial charge in [-0.3, -0.25) is 14.9 Å². The average Bonchev–Trinajstić information content (AvgIpc) is 2.79. The predicted molar refractivity (Wildman–Crippen MR) is 113 cm³/mol. The number of ether oxygens (including phenoxy) is 3. The number of nitrogens with one attached hydrogen (secondary N) is 1. The third-order valence-corrected chi connectivity index (χ3v) is 4.75. The molecule has 0 spiro atoms. The van der Waals surface area contributed by atoms with Crippen LogP contribution in [0.5, 0.6) is 5.75 Å². The largest absolute Gasteiger partial charge is 0.487 e. The van der Waals surface area contributed by atoms with Crippen LogP contribution in [0, 0.1) is 10.1 Å². The maximum atomic E-state index is 12.8. The molecule has 1 aliphatic heterocycles. The predicted octanol–water partition coefficient (Wildman–Crippen LogP) is 2.87. The van der Waals surface area contributed by atoms with E-state index in [1.807, 2.05) is 0 Å². The summed E-state index contributed by atoms with van der Waals surface area (Å²) in [6, 6.07) is 8.98. The fourth-order valence-corrected chi connectivity index (χ4v) is 3.21. The van der Waals surface area contributed by atoms with Gasteiger partial charge in [0, 0.05) is 30.4 Å². The number of morpholine rings is 1. The zero-order valence-electron chi connectivity index (χ0n) is 17.3. The van der Waals surface area contributed by atoms with Crippen molar-refractivity contribution in [3.63, 3.8) is 0 Å². The summed E-state index contributed by atoms with van der Waals surface area (Å²) < 4.78 is 15.4. The fourth-order valence-electron chi connectivity index (χ4n) is 3.21. The van der Waals surface area contributed by atoms with Gasteiger partial charge in [-0.05, 0) is 37.3 Å². The van der Waals surface area contributed by atoms with Crippen LogP contribution in [-0.2, 0) is 9.47 Å². The second kappa shape index (κ2) is 9.90. The van der Waals surface area contributed by atoms with E-state index in [-0.39, 0.29) is 34.9 Å². The molecule has 0 aliphatic carbocycles. The molecule has 0 radical (unpaired) electrons. The Morgan fingerprint density at radius 2 is 1.94 bits per heavy atom. The molecule has 31 heavy (non-hydrogen) atoms. The van der Waals surface area contributed by atoms with E-state index in [2.05, 4.69) is 10.2 Å². The van der Waals surface area contributed by atoms with Gasteiger partial charge in [0.05, 0.1) is 43.1 Å². The van der Waals surface area contributed by atoms with Crippen molar-refractivity contribution < 1.29 is 28.7 Å². The fraction of sp³-hybridized carbons (Fsp3) is 0.333. The second-order valence-corrected chi connectivity index (χ2v) is 6.65. The number of esters is 1. The molecule has 0 aromatic heterocycles. The highest BCUT2D eigenvalue weighted by Crippen LogP contribution is 2.29. The first-order valence-electron chi connectivity index (χ1n) is 9.72. The Kier molecular flexibility index (Phi) is 7.03. The summed E-state index contributed by atoms with van der Waals surface area (Å²) in [6.45, 7) is 4.50. The molecule has 10 heteroatoms. The highest BCUT2D eigenvalue weighted by atomic mass is 16.6. The van der Waals surface area contributed by atoms with Gasteiger partial charge in [-0.25, -0.2) is 4.79 Å². The number of carbonyl (C=O) groups is 2. The van der Waals surface area contributed by atoms with Gasteiger partial charge in [0.25, 0.3) is 5.91 Å². The molecule has 1 fully saturated rings. The van der Waals surface area contributed by atoms with Crippen LogP contribution in [0.3, 0.4) is 0 Å². The molecule has 0 bridgehead atoms. The van der Waals surface area contributed by atoms with Crippen LogP contribution in [-0.4, -0.2) is 56.8 Å². The summed E-state index contributed by atoms with van der Waals surface area (Å²) in [5, 5.41) is 14.0. The molecule has 1 saturated heterocycles. The first-order valence-corrected chi connectivity index (χ1v) is 9.72. The van der Waals surface area contributed by atoms with Gasteiger partial charge in [0.1, 0.15) is 0 Å². The van der Waals surface area contributed by atoms with Crippen molar-refractivity contribution in [2.24, 2.45) is 0 Å². The number of hydrogen-bond acceptors (Lipinski definition) is 8. The SMILES string of the molecule is CCOc1ccc(C(=O)Nc2ccc(N3CCOCC3)cc2C(=O)OC)cc1[N+](=O)[O-]. The highest BCUT2D eigenvalue weighted by molar-refractivity contribution is 6.08. The molecule has 3 rings (SSSR count). The molecule has 1 heterocycles. The van der Waals surface area contributed by atoms with Crippen molar-refractivity contribution in [1.29, 1.82) is 0 Å². The maximum absolute atomic E-state index is 12.8. The monoisotopic (exact) mass is 429 g/mol. The van der Waals surface area contributed by atoms with E-state index in [0.29, 0.717) is 26.3 Å². The Balaban J connectivity index is 1.88. The van der Waals surface area contributed by atoms with E-state index >= 15 is 0 Å². The topological polar surface area (TPSA) is 120 Å².